The molecule has 0 bridgehead atoms. The highest BCUT2D eigenvalue weighted by Gasteiger charge is 2.00. The molecule has 0 atom stereocenters. The average Bonchev–Trinajstić information content (AvgIpc) is 2.98. The summed E-state index contributed by atoms with van der Waals surface area (Å²) in [6.45, 7) is 2.51. The molecule has 21 heavy (non-hydrogen) atoms. The van der Waals surface area contributed by atoms with Crippen molar-refractivity contribution in [1.29, 1.82) is 0 Å². The molecule has 120 valence electrons. The number of aromatic nitrogens is 1. The Morgan fingerprint density at radius 1 is 1.19 bits per heavy atom. The maximum absolute atomic E-state index is 10.9. The van der Waals surface area contributed by atoms with Gasteiger partial charge in [0, 0.05) is 45.5 Å². The number of unbranched alkanes of at least 4 members (excludes halogenated alkanes) is 1. The van der Waals surface area contributed by atoms with Crippen molar-refractivity contribution >= 4 is 35.9 Å². The van der Waals surface area contributed by atoms with Crippen molar-refractivity contribution in [2.24, 2.45) is 4.99 Å². The number of hydrogen-bond acceptors (Lipinski definition) is 3. The number of hydrogen-bond donors (Lipinski definition) is 2. The molecule has 0 aromatic carbocycles. The summed E-state index contributed by atoms with van der Waals surface area (Å²) >= 11 is 0. The first kappa shape index (κ1) is 19.8. The molecule has 0 saturated heterocycles. The Labute approximate surface area is 143 Å². The number of guanidine groups is 1. The average molecular weight is 408 g/mol. The van der Waals surface area contributed by atoms with Gasteiger partial charge in [-0.1, -0.05) is 0 Å². The van der Waals surface area contributed by atoms with Gasteiger partial charge in [0.25, 0.3) is 0 Å². The van der Waals surface area contributed by atoms with Gasteiger partial charge in [-0.05, 0) is 25.0 Å². The predicted molar refractivity (Wildman–Crippen MR) is 95.1 cm³/mol. The van der Waals surface area contributed by atoms with Crippen molar-refractivity contribution < 1.29 is 9.53 Å². The number of carbonyl (C=O) groups is 1. The molecule has 0 fully saturated rings. The van der Waals surface area contributed by atoms with Crippen molar-refractivity contribution in [3.63, 3.8) is 0 Å². The van der Waals surface area contributed by atoms with Crippen molar-refractivity contribution in [2.45, 2.75) is 25.8 Å². The number of aliphatic imine (C=N–C) groups is 1. The number of esters is 1. The van der Waals surface area contributed by atoms with Crippen LogP contribution in [-0.4, -0.2) is 43.7 Å². The molecule has 1 aromatic heterocycles. The molecule has 0 aliphatic rings. The van der Waals surface area contributed by atoms with E-state index in [0.717, 1.165) is 38.4 Å². The molecule has 0 spiro atoms. The maximum atomic E-state index is 10.9. The standard InChI is InChI=1S/C14H24N4O2.HI/c1-15-14(16-8-4-3-7-13(19)20-2)17-9-12-18-10-5-6-11-18;/h5-6,10-11H,3-4,7-9,12H2,1-2H3,(H2,15,16,17);1H. The smallest absolute Gasteiger partial charge is 0.305 e. The van der Waals surface area contributed by atoms with Crippen LogP contribution in [0.3, 0.4) is 0 Å². The minimum atomic E-state index is -0.153. The summed E-state index contributed by atoms with van der Waals surface area (Å²) in [7, 11) is 3.16. The third kappa shape index (κ3) is 9.33. The van der Waals surface area contributed by atoms with E-state index in [1.54, 1.807) is 7.05 Å². The largest absolute Gasteiger partial charge is 0.469 e. The van der Waals surface area contributed by atoms with Crippen LogP contribution in [0.4, 0.5) is 0 Å². The first-order valence-electron chi connectivity index (χ1n) is 6.88. The third-order valence-electron chi connectivity index (χ3n) is 2.88. The van der Waals surface area contributed by atoms with Crippen molar-refractivity contribution in [1.82, 2.24) is 15.2 Å². The van der Waals surface area contributed by atoms with E-state index < -0.39 is 0 Å². The van der Waals surface area contributed by atoms with Crippen molar-refractivity contribution in [3.8, 4) is 0 Å². The minimum Gasteiger partial charge on any atom is -0.469 e. The van der Waals surface area contributed by atoms with E-state index in [1.165, 1.54) is 7.11 Å². The molecule has 1 aromatic rings. The van der Waals surface area contributed by atoms with Gasteiger partial charge in [-0.2, -0.15) is 0 Å². The van der Waals surface area contributed by atoms with Gasteiger partial charge in [0.2, 0.25) is 0 Å². The lowest BCUT2D eigenvalue weighted by Crippen LogP contribution is -2.39. The van der Waals surface area contributed by atoms with Crippen LogP contribution in [0.5, 0.6) is 0 Å². The molecule has 0 aliphatic carbocycles. The zero-order valence-electron chi connectivity index (χ0n) is 12.7. The Morgan fingerprint density at radius 2 is 1.86 bits per heavy atom. The van der Waals surface area contributed by atoms with Crippen LogP contribution >= 0.6 is 24.0 Å². The lowest BCUT2D eigenvalue weighted by atomic mass is 10.2. The Balaban J connectivity index is 0.00000400. The first-order valence-corrected chi connectivity index (χ1v) is 6.88. The Bertz CT molecular complexity index is 407. The number of nitrogens with zero attached hydrogens (tertiary/aromatic N) is 2. The lowest BCUT2D eigenvalue weighted by molar-refractivity contribution is -0.140. The maximum Gasteiger partial charge on any atom is 0.305 e. The molecule has 0 aliphatic heterocycles. The van der Waals surface area contributed by atoms with Crippen molar-refractivity contribution in [2.75, 3.05) is 27.2 Å². The van der Waals surface area contributed by atoms with E-state index in [9.17, 15) is 4.79 Å². The number of methoxy groups -OCH3 is 1. The van der Waals surface area contributed by atoms with Gasteiger partial charge < -0.3 is 19.9 Å². The fourth-order valence-corrected chi connectivity index (χ4v) is 1.75. The van der Waals surface area contributed by atoms with Gasteiger partial charge in [-0.25, -0.2) is 0 Å². The molecule has 7 heteroatoms. The molecule has 0 amide bonds. The second-order valence-corrected chi connectivity index (χ2v) is 4.38. The highest BCUT2D eigenvalue weighted by atomic mass is 127. The van der Waals surface area contributed by atoms with E-state index in [0.29, 0.717) is 6.42 Å². The minimum absolute atomic E-state index is 0. The molecule has 6 nitrogen and oxygen atoms in total. The van der Waals surface area contributed by atoms with Crippen LogP contribution in [0.1, 0.15) is 19.3 Å². The Hall–Kier alpha value is -1.25. The topological polar surface area (TPSA) is 67.7 Å². The molecule has 2 N–H and O–H groups in total. The molecule has 1 rings (SSSR count). The van der Waals surface area contributed by atoms with Gasteiger partial charge in [-0.15, -0.1) is 24.0 Å². The van der Waals surface area contributed by atoms with Crippen LogP contribution in [0, 0.1) is 0 Å². The van der Waals surface area contributed by atoms with Crippen LogP contribution in [-0.2, 0) is 16.1 Å². The van der Waals surface area contributed by atoms with Crippen LogP contribution < -0.4 is 10.6 Å². The monoisotopic (exact) mass is 408 g/mol. The third-order valence-corrected chi connectivity index (χ3v) is 2.88. The number of nitrogens with one attached hydrogen (secondary N) is 2. The first-order chi connectivity index (χ1) is 9.76. The highest BCUT2D eigenvalue weighted by molar-refractivity contribution is 14.0. The molecule has 0 unspecified atom stereocenters. The van der Waals surface area contributed by atoms with Crippen LogP contribution in [0.2, 0.25) is 0 Å². The molecule has 0 saturated carbocycles. The number of ether oxygens (including phenoxy) is 1. The number of rotatable bonds is 8. The van der Waals surface area contributed by atoms with Crippen LogP contribution in [0.15, 0.2) is 29.5 Å². The van der Waals surface area contributed by atoms with E-state index >= 15 is 0 Å². The van der Waals surface area contributed by atoms with Gasteiger partial charge in [0.15, 0.2) is 5.96 Å². The fraction of sp³-hybridized carbons (Fsp3) is 0.571. The summed E-state index contributed by atoms with van der Waals surface area (Å²) < 4.78 is 6.70. The molecule has 0 radical (unpaired) electrons. The summed E-state index contributed by atoms with van der Waals surface area (Å²) in [6, 6.07) is 4.02. The molecular weight excluding hydrogens is 383 g/mol. The van der Waals surface area contributed by atoms with Gasteiger partial charge in [-0.3, -0.25) is 9.79 Å². The van der Waals surface area contributed by atoms with Gasteiger partial charge >= 0.3 is 5.97 Å². The summed E-state index contributed by atoms with van der Waals surface area (Å²) in [5.41, 5.74) is 0. The van der Waals surface area contributed by atoms with Crippen LogP contribution in [0.25, 0.3) is 0 Å². The van der Waals surface area contributed by atoms with E-state index in [1.807, 2.05) is 24.5 Å². The van der Waals surface area contributed by atoms with Crippen molar-refractivity contribution in [3.05, 3.63) is 24.5 Å². The van der Waals surface area contributed by atoms with E-state index in [4.69, 9.17) is 0 Å². The van der Waals surface area contributed by atoms with E-state index in [-0.39, 0.29) is 29.9 Å². The zero-order valence-corrected chi connectivity index (χ0v) is 15.0. The summed E-state index contributed by atoms with van der Waals surface area (Å²) in [6.07, 6.45) is 6.26. The molecule has 1 heterocycles. The molecular formula is C14H25IN4O2. The van der Waals surface area contributed by atoms with Gasteiger partial charge in [0.1, 0.15) is 0 Å². The Morgan fingerprint density at radius 3 is 2.48 bits per heavy atom. The lowest BCUT2D eigenvalue weighted by Gasteiger charge is -2.12. The second-order valence-electron chi connectivity index (χ2n) is 4.38. The quantitative estimate of drug-likeness (QED) is 0.226. The fourth-order valence-electron chi connectivity index (χ4n) is 1.75. The predicted octanol–water partition coefficient (Wildman–Crippen LogP) is 1.61. The van der Waals surface area contributed by atoms with Gasteiger partial charge in [0.05, 0.1) is 7.11 Å². The SMILES string of the molecule is CN=C(NCCCCC(=O)OC)NCCn1cccc1.I. The normalized spacial score (nSPS) is 10.7. The summed E-state index contributed by atoms with van der Waals surface area (Å²) in [4.78, 5) is 15.1. The van der Waals surface area contributed by atoms with E-state index in [2.05, 4.69) is 24.9 Å². The summed E-state index contributed by atoms with van der Waals surface area (Å²) in [5.74, 6) is 0.634. The summed E-state index contributed by atoms with van der Waals surface area (Å²) in [5, 5.41) is 6.46. The number of halogens is 1. The zero-order chi connectivity index (χ0) is 14.6. The highest BCUT2D eigenvalue weighted by Crippen LogP contribution is 1.95. The number of carbonyl (C=O) groups excluding carboxylic acids is 1. The second kappa shape index (κ2) is 12.5. The Kier molecular flexibility index (Phi) is 11.7.